The molecule has 2 aromatic carbocycles. The number of halogens is 1. The molecule has 1 fully saturated rings. The lowest BCUT2D eigenvalue weighted by molar-refractivity contribution is 0.0968. The molecule has 1 aliphatic heterocycles. The smallest absolute Gasteiger partial charge is 0.262 e. The molecule has 1 aliphatic rings. The van der Waals surface area contributed by atoms with E-state index in [2.05, 4.69) is 25.6 Å². The first kappa shape index (κ1) is 25.7. The molecule has 0 radical (unpaired) electrons. The van der Waals surface area contributed by atoms with Gasteiger partial charge in [-0.15, -0.1) is 0 Å². The summed E-state index contributed by atoms with van der Waals surface area (Å²) >= 11 is 0. The summed E-state index contributed by atoms with van der Waals surface area (Å²) in [7, 11) is 0. The lowest BCUT2D eigenvalue weighted by Crippen LogP contribution is -2.49. The SMILES string of the molecule is Cc1cccc2ccnc(N(C(=O)c3ccc(Nc4nccc(CCCO)n4)cc3F)[C@@H]3CCCNC3)c12. The predicted molar refractivity (Wildman–Crippen MR) is 146 cm³/mol. The number of amides is 1. The van der Waals surface area contributed by atoms with Gasteiger partial charge in [0.1, 0.15) is 11.6 Å². The molecular weight excluding hydrogens is 483 g/mol. The van der Waals surface area contributed by atoms with Crippen LogP contribution < -0.4 is 15.5 Å². The number of pyridine rings is 1. The van der Waals surface area contributed by atoms with Crippen molar-refractivity contribution in [3.8, 4) is 0 Å². The summed E-state index contributed by atoms with van der Waals surface area (Å²) in [6.07, 6.45) is 6.25. The Morgan fingerprint density at radius 2 is 2.05 bits per heavy atom. The Morgan fingerprint density at radius 3 is 2.84 bits per heavy atom. The van der Waals surface area contributed by atoms with Crippen LogP contribution in [0.15, 0.2) is 60.9 Å². The second-order valence-corrected chi connectivity index (χ2v) is 9.50. The van der Waals surface area contributed by atoms with Crippen LogP contribution in [-0.4, -0.2) is 51.7 Å². The molecule has 0 saturated carbocycles. The second-order valence-electron chi connectivity index (χ2n) is 9.50. The summed E-state index contributed by atoms with van der Waals surface area (Å²) < 4.78 is 15.5. The number of hydrogen-bond donors (Lipinski definition) is 3. The van der Waals surface area contributed by atoms with Gasteiger partial charge >= 0.3 is 0 Å². The Labute approximate surface area is 221 Å². The summed E-state index contributed by atoms with van der Waals surface area (Å²) in [4.78, 5) is 28.9. The maximum atomic E-state index is 15.5. The van der Waals surface area contributed by atoms with Crippen LogP contribution in [-0.2, 0) is 6.42 Å². The third-order valence-electron chi connectivity index (χ3n) is 6.82. The number of benzene rings is 2. The summed E-state index contributed by atoms with van der Waals surface area (Å²) in [6, 6.07) is 14.0. The van der Waals surface area contributed by atoms with E-state index in [9.17, 15) is 4.79 Å². The highest BCUT2D eigenvalue weighted by Gasteiger charge is 2.31. The molecule has 8 nitrogen and oxygen atoms in total. The van der Waals surface area contributed by atoms with Crippen molar-refractivity contribution in [1.29, 1.82) is 0 Å². The number of aromatic nitrogens is 3. The minimum Gasteiger partial charge on any atom is -0.396 e. The van der Waals surface area contributed by atoms with Crippen LogP contribution in [0.2, 0.25) is 0 Å². The minimum absolute atomic E-state index is 0.0221. The lowest BCUT2D eigenvalue weighted by atomic mass is 10.0. The number of aliphatic hydroxyl groups is 1. The van der Waals surface area contributed by atoms with Gasteiger partial charge in [0, 0.05) is 42.3 Å². The van der Waals surface area contributed by atoms with Gasteiger partial charge in [0.05, 0.1) is 11.6 Å². The highest BCUT2D eigenvalue weighted by molar-refractivity contribution is 6.11. The maximum absolute atomic E-state index is 15.5. The molecular formula is C29H31FN6O2. The van der Waals surface area contributed by atoms with Crippen molar-refractivity contribution in [2.75, 3.05) is 29.9 Å². The number of carbonyl (C=O) groups excluding carboxylic acids is 1. The van der Waals surface area contributed by atoms with Crippen molar-refractivity contribution in [2.24, 2.45) is 0 Å². The topological polar surface area (TPSA) is 103 Å². The summed E-state index contributed by atoms with van der Waals surface area (Å²) in [5.74, 6) is -0.186. The van der Waals surface area contributed by atoms with E-state index in [1.807, 2.05) is 31.2 Å². The standard InChI is InChI=1S/C29H31FN6O2/c1-19-5-2-6-20-11-14-32-27(26(19)20)36(23-8-3-13-31-18-23)28(38)24-10-9-22(17-25(24)30)35-29-33-15-12-21(34-29)7-4-16-37/h2,5-6,9-12,14-15,17,23,31,37H,3-4,7-8,13,16,18H2,1H3,(H,33,34,35)/t23-/m1/s1. The van der Waals surface area contributed by atoms with Crippen molar-refractivity contribution < 1.29 is 14.3 Å². The highest BCUT2D eigenvalue weighted by Crippen LogP contribution is 2.32. The lowest BCUT2D eigenvalue weighted by Gasteiger charge is -2.35. The number of aryl methyl sites for hydroxylation is 2. The maximum Gasteiger partial charge on any atom is 0.262 e. The summed E-state index contributed by atoms with van der Waals surface area (Å²) in [5.41, 5.74) is 2.20. The molecule has 5 rings (SSSR count). The van der Waals surface area contributed by atoms with Crippen molar-refractivity contribution in [3.05, 3.63) is 83.6 Å². The molecule has 0 unspecified atom stereocenters. The molecule has 1 atom stereocenters. The molecule has 3 heterocycles. The monoisotopic (exact) mass is 514 g/mol. The van der Waals surface area contributed by atoms with Crippen LogP contribution in [0.1, 0.15) is 40.9 Å². The predicted octanol–water partition coefficient (Wildman–Crippen LogP) is 4.54. The Hall–Kier alpha value is -3.95. The van der Waals surface area contributed by atoms with E-state index in [-0.39, 0.29) is 18.2 Å². The van der Waals surface area contributed by atoms with Crippen LogP contribution in [0.4, 0.5) is 21.8 Å². The quantitative estimate of drug-likeness (QED) is 0.317. The number of hydrogen-bond acceptors (Lipinski definition) is 7. The van der Waals surface area contributed by atoms with E-state index in [1.54, 1.807) is 29.4 Å². The number of carbonyl (C=O) groups is 1. The fourth-order valence-electron chi connectivity index (χ4n) is 4.94. The number of nitrogens with one attached hydrogen (secondary N) is 2. The van der Waals surface area contributed by atoms with Crippen molar-refractivity contribution >= 4 is 34.1 Å². The van der Waals surface area contributed by atoms with E-state index in [1.165, 1.54) is 12.1 Å². The van der Waals surface area contributed by atoms with E-state index in [4.69, 9.17) is 5.11 Å². The Bertz CT molecular complexity index is 1430. The van der Waals surface area contributed by atoms with Gasteiger partial charge in [-0.25, -0.2) is 19.3 Å². The molecule has 196 valence electrons. The number of piperidine rings is 1. The molecule has 1 amide bonds. The Morgan fingerprint density at radius 1 is 1.18 bits per heavy atom. The number of nitrogens with zero attached hydrogens (tertiary/aromatic N) is 4. The van der Waals surface area contributed by atoms with Crippen LogP contribution >= 0.6 is 0 Å². The normalized spacial score (nSPS) is 15.4. The van der Waals surface area contributed by atoms with E-state index in [0.29, 0.717) is 36.8 Å². The number of anilines is 3. The minimum atomic E-state index is -0.637. The molecule has 2 aromatic heterocycles. The van der Waals surface area contributed by atoms with Crippen LogP contribution in [0.3, 0.4) is 0 Å². The van der Waals surface area contributed by atoms with Gasteiger partial charge < -0.3 is 15.7 Å². The van der Waals surface area contributed by atoms with Crippen LogP contribution in [0, 0.1) is 12.7 Å². The summed E-state index contributed by atoms with van der Waals surface area (Å²) in [5, 5.41) is 17.3. The first-order valence-electron chi connectivity index (χ1n) is 12.9. The molecule has 0 bridgehead atoms. The van der Waals surface area contributed by atoms with Gasteiger partial charge in [0.25, 0.3) is 5.91 Å². The zero-order chi connectivity index (χ0) is 26.5. The number of fused-ring (bicyclic) bond motifs is 1. The van der Waals surface area contributed by atoms with E-state index < -0.39 is 11.7 Å². The van der Waals surface area contributed by atoms with Crippen molar-refractivity contribution in [2.45, 2.75) is 38.6 Å². The van der Waals surface area contributed by atoms with Gasteiger partial charge in [-0.1, -0.05) is 18.2 Å². The zero-order valence-electron chi connectivity index (χ0n) is 21.3. The van der Waals surface area contributed by atoms with E-state index >= 15 is 4.39 Å². The van der Waals surface area contributed by atoms with Crippen LogP contribution in [0.5, 0.6) is 0 Å². The Kier molecular flexibility index (Phi) is 7.86. The van der Waals surface area contributed by atoms with Gasteiger partial charge in [-0.3, -0.25) is 9.69 Å². The van der Waals surface area contributed by atoms with Gasteiger partial charge in [-0.2, -0.15) is 0 Å². The van der Waals surface area contributed by atoms with Crippen molar-refractivity contribution in [1.82, 2.24) is 20.3 Å². The van der Waals surface area contributed by atoms with Gasteiger partial charge in [0.2, 0.25) is 5.95 Å². The molecule has 4 aromatic rings. The fraction of sp³-hybridized carbons (Fsp3) is 0.310. The average molecular weight is 515 g/mol. The number of rotatable bonds is 8. The van der Waals surface area contributed by atoms with Gasteiger partial charge in [-0.05, 0) is 80.4 Å². The summed E-state index contributed by atoms with van der Waals surface area (Å²) in [6.45, 7) is 3.58. The first-order valence-corrected chi connectivity index (χ1v) is 12.9. The van der Waals surface area contributed by atoms with Gasteiger partial charge in [0.15, 0.2) is 0 Å². The molecule has 0 aliphatic carbocycles. The third kappa shape index (κ3) is 5.49. The molecule has 1 saturated heterocycles. The molecule has 38 heavy (non-hydrogen) atoms. The van der Waals surface area contributed by atoms with Crippen molar-refractivity contribution in [3.63, 3.8) is 0 Å². The average Bonchev–Trinajstić information content (AvgIpc) is 2.93. The Balaban J connectivity index is 1.47. The second kappa shape index (κ2) is 11.6. The first-order chi connectivity index (χ1) is 18.5. The third-order valence-corrected chi connectivity index (χ3v) is 6.82. The molecule has 3 N–H and O–H groups in total. The highest BCUT2D eigenvalue weighted by atomic mass is 19.1. The van der Waals surface area contributed by atoms with Crippen LogP contribution in [0.25, 0.3) is 10.8 Å². The number of aliphatic hydroxyl groups excluding tert-OH is 1. The largest absolute Gasteiger partial charge is 0.396 e. The molecule has 0 spiro atoms. The molecule has 9 heteroatoms. The zero-order valence-corrected chi connectivity index (χ0v) is 21.3. The fourth-order valence-corrected chi connectivity index (χ4v) is 4.94. The van der Waals surface area contributed by atoms with E-state index in [0.717, 1.165) is 41.4 Å².